The minimum atomic E-state index is -1.10. The Morgan fingerprint density at radius 1 is 1.05 bits per heavy atom. The maximum absolute atomic E-state index is 14.5. The molecule has 2 atom stereocenters. The Hall–Kier alpha value is -4.66. The number of hydrogen-bond donors (Lipinski definition) is 1. The zero-order chi connectivity index (χ0) is 25.4. The first-order valence-corrected chi connectivity index (χ1v) is 12.0. The molecule has 2 unspecified atom stereocenters. The van der Waals surface area contributed by atoms with Crippen molar-refractivity contribution in [2.45, 2.75) is 25.6 Å². The van der Waals surface area contributed by atoms with E-state index in [0.717, 1.165) is 22.3 Å². The summed E-state index contributed by atoms with van der Waals surface area (Å²) in [6.07, 6.45) is 5.77. The van der Waals surface area contributed by atoms with Crippen LogP contribution in [0.1, 0.15) is 24.9 Å². The second-order valence-corrected chi connectivity index (χ2v) is 8.94. The highest BCUT2D eigenvalue weighted by molar-refractivity contribution is 5.82. The Balaban J connectivity index is 1.41. The number of ether oxygens (including phenoxy) is 1. The molecule has 9 heteroatoms. The van der Waals surface area contributed by atoms with E-state index in [2.05, 4.69) is 19.9 Å². The zero-order valence-electron chi connectivity index (χ0n) is 20.0. The van der Waals surface area contributed by atoms with E-state index in [1.54, 1.807) is 29.7 Å². The smallest absolute Gasteiger partial charge is 0.220 e. The molecule has 4 heterocycles. The number of benzene rings is 2. The lowest BCUT2D eigenvalue weighted by atomic mass is 10.0. The van der Waals surface area contributed by atoms with E-state index in [9.17, 15) is 9.18 Å². The van der Waals surface area contributed by atoms with Crippen LogP contribution in [0.3, 0.4) is 0 Å². The lowest BCUT2D eigenvalue weighted by Crippen LogP contribution is -2.29. The highest BCUT2D eigenvalue weighted by Crippen LogP contribution is 2.42. The SMILES string of the molecule is CC(=O)N1CC(F)CC1c1cc2[nH]c(-c3ccccn3)nc2cc1Oc1ccc(-c2cnccn2)cc1. The van der Waals surface area contributed by atoms with Crippen molar-refractivity contribution in [3.63, 3.8) is 0 Å². The number of pyridine rings is 1. The van der Waals surface area contributed by atoms with Crippen molar-refractivity contribution in [1.82, 2.24) is 29.8 Å². The maximum atomic E-state index is 14.5. The number of alkyl halides is 1. The van der Waals surface area contributed by atoms with E-state index >= 15 is 0 Å². The number of H-pyrrole nitrogens is 1. The highest BCUT2D eigenvalue weighted by Gasteiger charge is 2.37. The van der Waals surface area contributed by atoms with Gasteiger partial charge in [0.15, 0.2) is 5.82 Å². The molecule has 0 spiro atoms. The number of rotatable bonds is 5. The normalized spacial score (nSPS) is 17.3. The molecule has 8 nitrogen and oxygen atoms in total. The number of aromatic amines is 1. The highest BCUT2D eigenvalue weighted by atomic mass is 19.1. The number of carbonyl (C=O) groups is 1. The molecule has 0 aliphatic carbocycles. The van der Waals surface area contributed by atoms with Gasteiger partial charge in [0.2, 0.25) is 5.91 Å². The fourth-order valence-electron chi connectivity index (χ4n) is 4.72. The van der Waals surface area contributed by atoms with E-state index in [1.165, 1.54) is 6.92 Å². The van der Waals surface area contributed by atoms with Gasteiger partial charge in [-0.3, -0.25) is 19.7 Å². The molecule has 1 aliphatic rings. The number of nitrogens with zero attached hydrogens (tertiary/aromatic N) is 5. The van der Waals surface area contributed by atoms with Gasteiger partial charge in [0.1, 0.15) is 23.4 Å². The first-order chi connectivity index (χ1) is 18.0. The summed E-state index contributed by atoms with van der Waals surface area (Å²) in [5.41, 5.74) is 4.52. The summed E-state index contributed by atoms with van der Waals surface area (Å²) in [5.74, 6) is 1.55. The number of amides is 1. The molecule has 2 aromatic carbocycles. The molecule has 184 valence electrons. The number of halogens is 1. The fraction of sp³-hybridized carbons (Fsp3) is 0.179. The molecular weight excluding hydrogens is 471 g/mol. The largest absolute Gasteiger partial charge is 0.457 e. The number of nitrogens with one attached hydrogen (secondary N) is 1. The van der Waals surface area contributed by atoms with Crippen molar-refractivity contribution in [3.05, 3.63) is 84.9 Å². The molecule has 5 aromatic rings. The second kappa shape index (κ2) is 9.42. The van der Waals surface area contributed by atoms with Gasteiger partial charge in [-0.1, -0.05) is 6.07 Å². The monoisotopic (exact) mass is 494 g/mol. The van der Waals surface area contributed by atoms with Gasteiger partial charge in [-0.2, -0.15) is 0 Å². The standard InChI is InChI=1S/C28H23FN6O2/c1-17(36)35-16-19(29)12-26(35)21-13-23-24(34-28(33-23)22-4-2-3-9-31-22)14-27(21)37-20-7-5-18(6-8-20)25-15-30-10-11-32-25/h2-11,13-15,19,26H,12,16H2,1H3,(H,33,34). The zero-order valence-corrected chi connectivity index (χ0v) is 20.0. The lowest BCUT2D eigenvalue weighted by molar-refractivity contribution is -0.129. The van der Waals surface area contributed by atoms with Crippen LogP contribution in [0.15, 0.2) is 79.4 Å². The minimum Gasteiger partial charge on any atom is -0.457 e. The molecule has 1 aliphatic heterocycles. The Bertz CT molecular complexity index is 1560. The summed E-state index contributed by atoms with van der Waals surface area (Å²) >= 11 is 0. The van der Waals surface area contributed by atoms with E-state index in [1.807, 2.05) is 54.6 Å². The summed E-state index contributed by atoms with van der Waals surface area (Å²) in [5, 5.41) is 0. The van der Waals surface area contributed by atoms with Crippen LogP contribution in [0.4, 0.5) is 4.39 Å². The Labute approximate surface area is 212 Å². The maximum Gasteiger partial charge on any atom is 0.220 e. The third-order valence-corrected chi connectivity index (χ3v) is 6.48. The van der Waals surface area contributed by atoms with E-state index in [0.29, 0.717) is 28.5 Å². The number of hydrogen-bond acceptors (Lipinski definition) is 6. The fourth-order valence-corrected chi connectivity index (χ4v) is 4.72. The minimum absolute atomic E-state index is 0.0620. The third kappa shape index (κ3) is 4.51. The van der Waals surface area contributed by atoms with Crippen LogP contribution in [-0.4, -0.2) is 48.4 Å². The van der Waals surface area contributed by atoms with Gasteiger partial charge in [-0.15, -0.1) is 0 Å². The van der Waals surface area contributed by atoms with Gasteiger partial charge < -0.3 is 14.6 Å². The van der Waals surface area contributed by atoms with Gasteiger partial charge in [-0.05, 0) is 42.5 Å². The second-order valence-electron chi connectivity index (χ2n) is 8.94. The van der Waals surface area contributed by atoms with E-state index in [-0.39, 0.29) is 18.9 Å². The third-order valence-electron chi connectivity index (χ3n) is 6.48. The molecule has 1 saturated heterocycles. The summed E-state index contributed by atoms with van der Waals surface area (Å²) in [4.78, 5) is 34.7. The number of fused-ring (bicyclic) bond motifs is 1. The van der Waals surface area contributed by atoms with Gasteiger partial charge >= 0.3 is 0 Å². The molecule has 1 fully saturated rings. The number of aromatic nitrogens is 5. The van der Waals surface area contributed by atoms with Crippen molar-refractivity contribution in [2.24, 2.45) is 0 Å². The lowest BCUT2D eigenvalue weighted by Gasteiger charge is -2.25. The molecular formula is C28H23FN6O2. The van der Waals surface area contributed by atoms with Crippen molar-refractivity contribution < 1.29 is 13.9 Å². The van der Waals surface area contributed by atoms with Crippen LogP contribution >= 0.6 is 0 Å². The number of imidazole rings is 1. The van der Waals surface area contributed by atoms with E-state index in [4.69, 9.17) is 9.72 Å². The summed E-state index contributed by atoms with van der Waals surface area (Å²) in [7, 11) is 0. The van der Waals surface area contributed by atoms with Crippen molar-refractivity contribution in [2.75, 3.05) is 6.54 Å². The summed E-state index contributed by atoms with van der Waals surface area (Å²) < 4.78 is 20.8. The first kappa shape index (κ1) is 22.8. The Morgan fingerprint density at radius 2 is 1.89 bits per heavy atom. The van der Waals surface area contributed by atoms with Crippen LogP contribution in [0.2, 0.25) is 0 Å². The number of carbonyl (C=O) groups excluding carboxylic acids is 1. The van der Waals surface area contributed by atoms with Crippen molar-refractivity contribution in [3.8, 4) is 34.3 Å². The van der Waals surface area contributed by atoms with Gasteiger partial charge in [0.05, 0.1) is 35.5 Å². The molecule has 0 bridgehead atoms. The molecule has 37 heavy (non-hydrogen) atoms. The topological polar surface area (TPSA) is 96.9 Å². The molecule has 1 amide bonds. The van der Waals surface area contributed by atoms with E-state index < -0.39 is 12.2 Å². The average molecular weight is 495 g/mol. The quantitative estimate of drug-likeness (QED) is 0.346. The number of likely N-dealkylation sites (tertiary alicyclic amines) is 1. The van der Waals surface area contributed by atoms with Crippen LogP contribution < -0.4 is 4.74 Å². The van der Waals surface area contributed by atoms with Crippen molar-refractivity contribution in [1.29, 1.82) is 0 Å². The molecule has 0 radical (unpaired) electrons. The predicted molar refractivity (Wildman–Crippen MR) is 137 cm³/mol. The Morgan fingerprint density at radius 3 is 2.62 bits per heavy atom. The van der Waals surface area contributed by atoms with Crippen LogP contribution in [0.5, 0.6) is 11.5 Å². The molecule has 1 N–H and O–H groups in total. The summed E-state index contributed by atoms with van der Waals surface area (Å²) in [6, 6.07) is 16.4. The van der Waals surface area contributed by atoms with Crippen LogP contribution in [-0.2, 0) is 4.79 Å². The van der Waals surface area contributed by atoms with Crippen molar-refractivity contribution >= 4 is 16.9 Å². The average Bonchev–Trinajstić information content (AvgIpc) is 3.53. The van der Waals surface area contributed by atoms with Gasteiger partial charge in [0.25, 0.3) is 0 Å². The molecule has 0 saturated carbocycles. The predicted octanol–water partition coefficient (Wildman–Crippen LogP) is 5.51. The van der Waals surface area contributed by atoms with Crippen LogP contribution in [0, 0.1) is 0 Å². The van der Waals surface area contributed by atoms with Gasteiger partial charge in [-0.25, -0.2) is 9.37 Å². The summed E-state index contributed by atoms with van der Waals surface area (Å²) in [6.45, 7) is 1.52. The Kier molecular flexibility index (Phi) is 5.80. The first-order valence-electron chi connectivity index (χ1n) is 12.0. The molecule has 6 rings (SSSR count). The van der Waals surface area contributed by atoms with Gasteiger partial charge in [0, 0.05) is 49.1 Å². The molecule has 3 aromatic heterocycles. The van der Waals surface area contributed by atoms with Crippen LogP contribution in [0.25, 0.3) is 33.8 Å².